The van der Waals surface area contributed by atoms with Gasteiger partial charge in [0.1, 0.15) is 17.3 Å². The third kappa shape index (κ3) is 4.27. The van der Waals surface area contributed by atoms with Crippen molar-refractivity contribution in [1.29, 1.82) is 0 Å². The summed E-state index contributed by atoms with van der Waals surface area (Å²) in [4.78, 5) is 27.1. The molecule has 5 nitrogen and oxygen atoms in total. The third-order valence-electron chi connectivity index (χ3n) is 5.36. The molecule has 0 aliphatic carbocycles. The van der Waals surface area contributed by atoms with Gasteiger partial charge < -0.3 is 9.15 Å². The van der Waals surface area contributed by atoms with Gasteiger partial charge in [-0.2, -0.15) is 0 Å². The van der Waals surface area contributed by atoms with Crippen LogP contribution in [0, 0.1) is 0 Å². The Balaban J connectivity index is 1.38. The van der Waals surface area contributed by atoms with E-state index in [0.717, 1.165) is 28.1 Å². The molecule has 4 aromatic rings. The van der Waals surface area contributed by atoms with Crippen LogP contribution >= 0.6 is 23.4 Å². The van der Waals surface area contributed by atoms with Crippen LogP contribution in [0.2, 0.25) is 5.02 Å². The number of methoxy groups -OCH3 is 1. The molecule has 1 aromatic heterocycles. The summed E-state index contributed by atoms with van der Waals surface area (Å²) in [7, 11) is 1.57. The standard InChI is InChI=1S/C26H18ClNO4S/c1-31-22-10-8-19(27)13-21(22)23-11-9-20(32-23)14-24-25(29)28(26(30)33-24)15-16-6-7-17-4-2-3-5-18(17)12-16/h2-14H,15H2,1H3/b24-14+. The van der Waals surface area contributed by atoms with Crippen molar-refractivity contribution < 1.29 is 18.7 Å². The van der Waals surface area contributed by atoms with Crippen molar-refractivity contribution >= 4 is 51.4 Å². The summed E-state index contributed by atoms with van der Waals surface area (Å²) in [5, 5.41) is 2.43. The van der Waals surface area contributed by atoms with Crippen molar-refractivity contribution in [1.82, 2.24) is 4.90 Å². The van der Waals surface area contributed by atoms with E-state index in [4.69, 9.17) is 20.8 Å². The van der Waals surface area contributed by atoms with Gasteiger partial charge in [0.25, 0.3) is 11.1 Å². The number of hydrogen-bond acceptors (Lipinski definition) is 5. The number of furan rings is 1. The van der Waals surface area contributed by atoms with Gasteiger partial charge in [0.2, 0.25) is 0 Å². The number of amides is 2. The molecule has 2 heterocycles. The number of nitrogens with zero attached hydrogens (tertiary/aromatic N) is 1. The zero-order valence-corrected chi connectivity index (χ0v) is 19.2. The lowest BCUT2D eigenvalue weighted by Crippen LogP contribution is -2.27. The van der Waals surface area contributed by atoms with Crippen molar-refractivity contribution in [3.05, 3.63) is 94.0 Å². The van der Waals surface area contributed by atoms with E-state index in [1.807, 2.05) is 42.5 Å². The van der Waals surface area contributed by atoms with Gasteiger partial charge >= 0.3 is 0 Å². The van der Waals surface area contributed by atoms with Gasteiger partial charge in [-0.15, -0.1) is 0 Å². The fourth-order valence-electron chi connectivity index (χ4n) is 3.73. The Labute approximate surface area is 199 Å². The molecule has 0 saturated carbocycles. The summed E-state index contributed by atoms with van der Waals surface area (Å²) >= 11 is 7.03. The number of carbonyl (C=O) groups excluding carboxylic acids is 2. The van der Waals surface area contributed by atoms with Crippen molar-refractivity contribution in [3.63, 3.8) is 0 Å². The minimum Gasteiger partial charge on any atom is -0.496 e. The Kier molecular flexibility index (Phi) is 5.70. The van der Waals surface area contributed by atoms with Crippen LogP contribution in [0.4, 0.5) is 4.79 Å². The number of imide groups is 1. The van der Waals surface area contributed by atoms with Crippen LogP contribution in [-0.2, 0) is 11.3 Å². The zero-order valence-electron chi connectivity index (χ0n) is 17.6. The van der Waals surface area contributed by atoms with Gasteiger partial charge in [-0.05, 0) is 64.5 Å². The molecule has 0 unspecified atom stereocenters. The Morgan fingerprint density at radius 1 is 1.00 bits per heavy atom. The fraction of sp³-hybridized carbons (Fsp3) is 0.0769. The number of thioether (sulfide) groups is 1. The first-order chi connectivity index (χ1) is 16.0. The van der Waals surface area contributed by atoms with Crippen molar-refractivity contribution in [2.45, 2.75) is 6.54 Å². The molecule has 1 fully saturated rings. The van der Waals surface area contributed by atoms with Gasteiger partial charge in [-0.3, -0.25) is 14.5 Å². The van der Waals surface area contributed by atoms with Crippen LogP contribution in [0.5, 0.6) is 5.75 Å². The van der Waals surface area contributed by atoms with E-state index in [0.29, 0.717) is 32.8 Å². The molecule has 3 aromatic carbocycles. The van der Waals surface area contributed by atoms with Gasteiger partial charge in [-0.25, -0.2) is 0 Å². The first kappa shape index (κ1) is 21.4. The lowest BCUT2D eigenvalue weighted by molar-refractivity contribution is -0.123. The molecule has 0 spiro atoms. The van der Waals surface area contributed by atoms with Gasteiger partial charge in [0.05, 0.1) is 24.1 Å². The second-order valence-electron chi connectivity index (χ2n) is 7.50. The highest BCUT2D eigenvalue weighted by atomic mass is 35.5. The smallest absolute Gasteiger partial charge is 0.293 e. The van der Waals surface area contributed by atoms with Gasteiger partial charge in [0.15, 0.2) is 0 Å². The number of ether oxygens (including phenoxy) is 1. The van der Waals surface area contributed by atoms with Crippen molar-refractivity contribution in [2.24, 2.45) is 0 Å². The Bertz CT molecular complexity index is 1420. The minimum atomic E-state index is -0.337. The highest BCUT2D eigenvalue weighted by Crippen LogP contribution is 2.37. The van der Waals surface area contributed by atoms with Crippen LogP contribution in [0.3, 0.4) is 0 Å². The SMILES string of the molecule is COc1ccc(Cl)cc1-c1ccc(/C=C2/SC(=O)N(Cc3ccc4ccccc4c3)C2=O)o1. The summed E-state index contributed by atoms with van der Waals surface area (Å²) in [6, 6.07) is 22.7. The van der Waals surface area contributed by atoms with E-state index >= 15 is 0 Å². The number of rotatable bonds is 5. The van der Waals surface area contributed by atoms with Crippen LogP contribution in [0.15, 0.2) is 82.1 Å². The maximum atomic E-state index is 12.9. The molecule has 5 rings (SSSR count). The fourth-order valence-corrected chi connectivity index (χ4v) is 4.72. The second-order valence-corrected chi connectivity index (χ2v) is 8.93. The highest BCUT2D eigenvalue weighted by molar-refractivity contribution is 8.18. The lowest BCUT2D eigenvalue weighted by Gasteiger charge is -2.13. The molecule has 0 radical (unpaired) electrons. The predicted octanol–water partition coefficient (Wildman–Crippen LogP) is 7.00. The molecule has 0 N–H and O–H groups in total. The molecule has 2 amide bonds. The molecular formula is C26H18ClNO4S. The predicted molar refractivity (Wildman–Crippen MR) is 131 cm³/mol. The first-order valence-corrected chi connectivity index (χ1v) is 11.4. The van der Waals surface area contributed by atoms with Crippen LogP contribution in [0.25, 0.3) is 28.2 Å². The highest BCUT2D eigenvalue weighted by Gasteiger charge is 2.35. The minimum absolute atomic E-state index is 0.218. The number of carbonyl (C=O) groups is 2. The van der Waals surface area contributed by atoms with E-state index < -0.39 is 0 Å². The summed E-state index contributed by atoms with van der Waals surface area (Å²) in [5.41, 5.74) is 1.60. The average molecular weight is 476 g/mol. The topological polar surface area (TPSA) is 59.8 Å². The monoisotopic (exact) mass is 475 g/mol. The number of hydrogen-bond donors (Lipinski definition) is 0. The number of benzene rings is 3. The zero-order chi connectivity index (χ0) is 22.9. The maximum absolute atomic E-state index is 12.9. The Morgan fingerprint density at radius 2 is 1.82 bits per heavy atom. The van der Waals surface area contributed by atoms with Crippen LogP contribution in [-0.4, -0.2) is 23.2 Å². The van der Waals surface area contributed by atoms with E-state index in [9.17, 15) is 9.59 Å². The van der Waals surface area contributed by atoms with Crippen molar-refractivity contribution in [2.75, 3.05) is 7.11 Å². The molecule has 1 aliphatic rings. The number of halogens is 1. The largest absolute Gasteiger partial charge is 0.496 e. The van der Waals surface area contributed by atoms with Crippen LogP contribution in [0.1, 0.15) is 11.3 Å². The van der Waals surface area contributed by atoms with E-state index in [-0.39, 0.29) is 17.7 Å². The first-order valence-electron chi connectivity index (χ1n) is 10.2. The van der Waals surface area contributed by atoms with E-state index in [1.165, 1.54) is 4.90 Å². The Hall–Kier alpha value is -3.48. The number of fused-ring (bicyclic) bond motifs is 1. The van der Waals surface area contributed by atoms with Crippen LogP contribution < -0.4 is 4.74 Å². The third-order valence-corrected chi connectivity index (χ3v) is 6.50. The molecule has 0 bridgehead atoms. The maximum Gasteiger partial charge on any atom is 0.293 e. The lowest BCUT2D eigenvalue weighted by atomic mass is 10.1. The van der Waals surface area contributed by atoms with Crippen molar-refractivity contribution in [3.8, 4) is 17.1 Å². The molecule has 0 atom stereocenters. The average Bonchev–Trinajstić information content (AvgIpc) is 3.39. The molecule has 1 saturated heterocycles. The second kappa shape index (κ2) is 8.81. The Morgan fingerprint density at radius 3 is 2.64 bits per heavy atom. The summed E-state index contributed by atoms with van der Waals surface area (Å²) < 4.78 is 11.3. The molecule has 164 valence electrons. The summed E-state index contributed by atoms with van der Waals surface area (Å²) in [6.07, 6.45) is 1.59. The van der Waals surface area contributed by atoms with E-state index in [2.05, 4.69) is 0 Å². The van der Waals surface area contributed by atoms with E-state index in [1.54, 1.807) is 43.5 Å². The normalized spacial score (nSPS) is 15.1. The molecular weight excluding hydrogens is 458 g/mol. The molecule has 7 heteroatoms. The quantitative estimate of drug-likeness (QED) is 0.291. The molecule has 1 aliphatic heterocycles. The van der Waals surface area contributed by atoms with Gasteiger partial charge in [0, 0.05) is 11.1 Å². The molecule has 33 heavy (non-hydrogen) atoms. The summed E-state index contributed by atoms with van der Waals surface area (Å²) in [5.74, 6) is 1.30. The van der Waals surface area contributed by atoms with Gasteiger partial charge in [-0.1, -0.05) is 48.0 Å². The summed E-state index contributed by atoms with van der Waals surface area (Å²) in [6.45, 7) is 0.218.